The zero-order valence-electron chi connectivity index (χ0n) is 13.0. The molecule has 2 atom stereocenters. The summed E-state index contributed by atoms with van der Waals surface area (Å²) in [6, 6.07) is 7.89. The van der Waals surface area contributed by atoms with Crippen LogP contribution in [0.4, 0.5) is 5.69 Å². The molecule has 0 heterocycles. The molecule has 1 aliphatic rings. The molecule has 2 unspecified atom stereocenters. The van der Waals surface area contributed by atoms with Gasteiger partial charge in [0.2, 0.25) is 0 Å². The molecule has 0 saturated heterocycles. The average molecular weight is 350 g/mol. The number of hydrogen-bond donors (Lipinski definition) is 1. The molecule has 126 valence electrons. The van der Waals surface area contributed by atoms with Crippen molar-refractivity contribution in [3.05, 3.63) is 24.3 Å². The summed E-state index contributed by atoms with van der Waals surface area (Å²) in [5.41, 5.74) is 1.10. The van der Waals surface area contributed by atoms with E-state index >= 15 is 0 Å². The number of benzene rings is 1. The van der Waals surface area contributed by atoms with Gasteiger partial charge in [0.15, 0.2) is 0 Å². The Morgan fingerprint density at radius 2 is 1.82 bits per heavy atom. The number of aliphatic carboxylic acids is 1. The van der Waals surface area contributed by atoms with Crippen molar-refractivity contribution in [3.63, 3.8) is 0 Å². The van der Waals surface area contributed by atoms with Crippen molar-refractivity contribution < 1.29 is 14.6 Å². The third kappa shape index (κ3) is 5.25. The zero-order chi connectivity index (χ0) is 14.5. The molecule has 1 saturated carbocycles. The summed E-state index contributed by atoms with van der Waals surface area (Å²) in [7, 11) is 3.67. The molecule has 6 heteroatoms. The summed E-state index contributed by atoms with van der Waals surface area (Å²) in [6.45, 7) is 0.795. The Morgan fingerprint density at radius 3 is 2.36 bits per heavy atom. The van der Waals surface area contributed by atoms with Crippen LogP contribution >= 0.6 is 24.8 Å². The van der Waals surface area contributed by atoms with Gasteiger partial charge in [0.05, 0.1) is 13.0 Å². The van der Waals surface area contributed by atoms with Crippen molar-refractivity contribution in [2.75, 3.05) is 25.6 Å². The van der Waals surface area contributed by atoms with E-state index in [4.69, 9.17) is 4.74 Å². The van der Waals surface area contributed by atoms with Crippen LogP contribution < -0.4 is 9.64 Å². The number of nitrogens with zero attached hydrogens (tertiary/aromatic N) is 1. The average Bonchev–Trinajstić information content (AvgIpc) is 2.47. The van der Waals surface area contributed by atoms with Gasteiger partial charge in [0, 0.05) is 19.3 Å². The van der Waals surface area contributed by atoms with Gasteiger partial charge in [-0.25, -0.2) is 0 Å². The molecule has 22 heavy (non-hydrogen) atoms. The van der Waals surface area contributed by atoms with Gasteiger partial charge in [-0.2, -0.15) is 0 Å². The molecular formula is C16H25Cl2NO3. The molecule has 0 bridgehead atoms. The Labute approximate surface area is 144 Å². The van der Waals surface area contributed by atoms with Crippen LogP contribution in [-0.2, 0) is 4.79 Å². The van der Waals surface area contributed by atoms with Crippen molar-refractivity contribution in [1.82, 2.24) is 0 Å². The first kappa shape index (κ1) is 20.9. The van der Waals surface area contributed by atoms with Crippen LogP contribution in [-0.4, -0.2) is 31.8 Å². The second-order valence-electron chi connectivity index (χ2n) is 5.57. The van der Waals surface area contributed by atoms with Crippen LogP contribution in [0, 0.1) is 11.8 Å². The summed E-state index contributed by atoms with van der Waals surface area (Å²) in [5, 5.41) is 9.33. The van der Waals surface area contributed by atoms with Crippen molar-refractivity contribution >= 4 is 36.5 Å². The van der Waals surface area contributed by atoms with E-state index in [9.17, 15) is 9.90 Å². The van der Waals surface area contributed by atoms with Gasteiger partial charge < -0.3 is 14.7 Å². The number of rotatable bonds is 5. The minimum atomic E-state index is -0.641. The first-order valence-corrected chi connectivity index (χ1v) is 7.20. The van der Waals surface area contributed by atoms with E-state index in [2.05, 4.69) is 4.90 Å². The monoisotopic (exact) mass is 349 g/mol. The van der Waals surface area contributed by atoms with Gasteiger partial charge in [-0.3, -0.25) is 4.79 Å². The van der Waals surface area contributed by atoms with E-state index in [1.54, 1.807) is 7.11 Å². The lowest BCUT2D eigenvalue weighted by atomic mass is 9.79. The van der Waals surface area contributed by atoms with Crippen molar-refractivity contribution in [3.8, 4) is 5.75 Å². The van der Waals surface area contributed by atoms with Crippen molar-refractivity contribution in [2.45, 2.75) is 25.7 Å². The lowest BCUT2D eigenvalue weighted by Crippen LogP contribution is -2.35. The van der Waals surface area contributed by atoms with E-state index in [0.29, 0.717) is 0 Å². The lowest BCUT2D eigenvalue weighted by molar-refractivity contribution is -0.144. The van der Waals surface area contributed by atoms with Gasteiger partial charge in [-0.1, -0.05) is 12.8 Å². The van der Waals surface area contributed by atoms with Gasteiger partial charge in [-0.15, -0.1) is 24.8 Å². The fraction of sp³-hybridized carbons (Fsp3) is 0.562. The van der Waals surface area contributed by atoms with Crippen molar-refractivity contribution in [1.29, 1.82) is 0 Å². The molecule has 1 N–H and O–H groups in total. The van der Waals surface area contributed by atoms with Crippen LogP contribution in [0.1, 0.15) is 25.7 Å². The highest BCUT2D eigenvalue weighted by atomic mass is 35.5. The highest BCUT2D eigenvalue weighted by molar-refractivity contribution is 5.85. The molecule has 0 amide bonds. The molecule has 1 aromatic carbocycles. The number of carboxylic acids is 1. The van der Waals surface area contributed by atoms with Gasteiger partial charge in [0.1, 0.15) is 5.75 Å². The van der Waals surface area contributed by atoms with Crippen LogP contribution in [0.15, 0.2) is 24.3 Å². The molecular weight excluding hydrogens is 325 g/mol. The maximum Gasteiger partial charge on any atom is 0.306 e. The largest absolute Gasteiger partial charge is 0.497 e. The highest BCUT2D eigenvalue weighted by Crippen LogP contribution is 2.31. The Morgan fingerprint density at radius 1 is 1.23 bits per heavy atom. The van der Waals surface area contributed by atoms with E-state index in [1.807, 2.05) is 31.3 Å². The second-order valence-corrected chi connectivity index (χ2v) is 5.57. The topological polar surface area (TPSA) is 49.8 Å². The summed E-state index contributed by atoms with van der Waals surface area (Å²) < 4.78 is 5.15. The predicted octanol–water partition coefficient (Wildman–Crippen LogP) is 3.87. The third-order valence-electron chi connectivity index (χ3n) is 4.25. The van der Waals surface area contributed by atoms with Crippen LogP contribution in [0.25, 0.3) is 0 Å². The van der Waals surface area contributed by atoms with E-state index in [-0.39, 0.29) is 36.6 Å². The first-order chi connectivity index (χ1) is 9.61. The number of halogens is 2. The Bertz CT molecular complexity index is 453. The minimum Gasteiger partial charge on any atom is -0.497 e. The Hall–Kier alpha value is -1.13. The molecule has 4 nitrogen and oxygen atoms in total. The Balaban J connectivity index is 0.00000220. The second kappa shape index (κ2) is 9.80. The van der Waals surface area contributed by atoms with Crippen LogP contribution in [0.2, 0.25) is 0 Å². The molecule has 0 spiro atoms. The lowest BCUT2D eigenvalue weighted by Gasteiger charge is -2.32. The van der Waals surface area contributed by atoms with Gasteiger partial charge in [0.25, 0.3) is 0 Å². The number of methoxy groups -OCH3 is 1. The summed E-state index contributed by atoms with van der Waals surface area (Å²) in [5.74, 6) is 0.249. The van der Waals surface area contributed by atoms with E-state index in [0.717, 1.165) is 43.7 Å². The van der Waals surface area contributed by atoms with Crippen LogP contribution in [0.3, 0.4) is 0 Å². The predicted molar refractivity (Wildman–Crippen MR) is 93.8 cm³/mol. The molecule has 2 rings (SSSR count). The number of carboxylic acid groups (broad SMARTS) is 1. The molecule has 1 fully saturated rings. The van der Waals surface area contributed by atoms with E-state index < -0.39 is 5.97 Å². The maximum absolute atomic E-state index is 11.3. The number of anilines is 1. The van der Waals surface area contributed by atoms with Crippen molar-refractivity contribution in [2.24, 2.45) is 11.8 Å². The summed E-state index contributed by atoms with van der Waals surface area (Å²) in [6.07, 6.45) is 4.01. The normalized spacial score (nSPS) is 20.3. The fourth-order valence-electron chi connectivity index (χ4n) is 3.05. The van der Waals surface area contributed by atoms with Crippen LogP contribution in [0.5, 0.6) is 5.75 Å². The Kier molecular flexibility index (Phi) is 9.30. The minimum absolute atomic E-state index is 0. The van der Waals surface area contributed by atoms with E-state index in [1.165, 1.54) is 0 Å². The smallest absolute Gasteiger partial charge is 0.306 e. The summed E-state index contributed by atoms with van der Waals surface area (Å²) in [4.78, 5) is 13.5. The molecule has 1 aliphatic carbocycles. The fourth-order valence-corrected chi connectivity index (χ4v) is 3.05. The summed E-state index contributed by atoms with van der Waals surface area (Å²) >= 11 is 0. The highest BCUT2D eigenvalue weighted by Gasteiger charge is 2.31. The third-order valence-corrected chi connectivity index (χ3v) is 4.25. The number of ether oxygens (including phenoxy) is 1. The quantitative estimate of drug-likeness (QED) is 0.876. The molecule has 0 radical (unpaired) electrons. The standard InChI is InChI=1S/C16H23NO3.2ClH/c1-17(13-7-9-14(20-2)10-8-13)11-12-5-3-4-6-15(12)16(18)19;;/h7-10,12,15H,3-6,11H2,1-2H3,(H,18,19);2*1H. The zero-order valence-corrected chi connectivity index (χ0v) is 14.7. The first-order valence-electron chi connectivity index (χ1n) is 7.20. The van der Waals surface area contributed by atoms with Gasteiger partial charge >= 0.3 is 5.97 Å². The molecule has 1 aromatic rings. The number of carbonyl (C=O) groups is 1. The molecule has 0 aromatic heterocycles. The van der Waals surface area contributed by atoms with Gasteiger partial charge in [-0.05, 0) is 43.0 Å². The SMILES string of the molecule is COc1ccc(N(C)CC2CCCCC2C(=O)O)cc1.Cl.Cl. The maximum atomic E-state index is 11.3. The number of hydrogen-bond acceptors (Lipinski definition) is 3. The molecule has 0 aliphatic heterocycles.